The van der Waals surface area contributed by atoms with E-state index in [-0.39, 0.29) is 12.4 Å². The van der Waals surface area contributed by atoms with Crippen LogP contribution in [-0.4, -0.2) is 19.5 Å². The van der Waals surface area contributed by atoms with E-state index in [4.69, 9.17) is 4.43 Å². The lowest BCUT2D eigenvalue weighted by atomic mass is 10.4. The Morgan fingerprint density at radius 3 is 2.22 bits per heavy atom. The van der Waals surface area contributed by atoms with Crippen LogP contribution in [0, 0.1) is 0 Å². The van der Waals surface area contributed by atoms with E-state index in [2.05, 4.69) is 55.7 Å². The van der Waals surface area contributed by atoms with Crippen molar-refractivity contribution in [3.63, 3.8) is 0 Å². The standard InChI is InChI=1S/C13H27N2OSi.ClH/c1-5-17(6-2,7-3)16-12-8-9-15-11-10-14(4)13-15;/h10-11,13H,5-9,12H2,1-4H3;1H/q+1;/p-1. The minimum atomic E-state index is -1.36. The fourth-order valence-corrected chi connectivity index (χ4v) is 4.92. The summed E-state index contributed by atoms with van der Waals surface area (Å²) < 4.78 is 10.5. The van der Waals surface area contributed by atoms with E-state index in [1.54, 1.807) is 0 Å². The number of nitrogens with zero attached hydrogens (tertiary/aromatic N) is 2. The zero-order valence-electron chi connectivity index (χ0n) is 12.2. The van der Waals surface area contributed by atoms with Crippen LogP contribution in [0.15, 0.2) is 18.7 Å². The first kappa shape index (κ1) is 17.7. The molecule has 3 nitrogen and oxygen atoms in total. The Kier molecular flexibility index (Phi) is 8.57. The topological polar surface area (TPSA) is 18.0 Å². The van der Waals surface area contributed by atoms with E-state index >= 15 is 0 Å². The van der Waals surface area contributed by atoms with E-state index in [0.717, 1.165) is 19.6 Å². The van der Waals surface area contributed by atoms with Crippen molar-refractivity contribution in [3.05, 3.63) is 18.7 Å². The van der Waals surface area contributed by atoms with E-state index in [1.165, 1.54) is 18.1 Å². The Hall–Kier alpha value is -0.323. The van der Waals surface area contributed by atoms with Gasteiger partial charge in [-0.05, 0) is 18.1 Å². The van der Waals surface area contributed by atoms with Crippen LogP contribution in [0.4, 0.5) is 0 Å². The predicted octanol–water partition coefficient (Wildman–Crippen LogP) is -0.271. The van der Waals surface area contributed by atoms with Crippen LogP contribution in [0.1, 0.15) is 27.2 Å². The quantitative estimate of drug-likeness (QED) is 0.366. The van der Waals surface area contributed by atoms with Crippen molar-refractivity contribution in [1.82, 2.24) is 4.57 Å². The molecule has 0 aliphatic rings. The van der Waals surface area contributed by atoms with E-state index in [0.29, 0.717) is 0 Å². The summed E-state index contributed by atoms with van der Waals surface area (Å²) in [4.78, 5) is 0. The highest BCUT2D eigenvalue weighted by atomic mass is 35.5. The van der Waals surface area contributed by atoms with Crippen molar-refractivity contribution < 1.29 is 21.4 Å². The highest BCUT2D eigenvalue weighted by Crippen LogP contribution is 2.21. The van der Waals surface area contributed by atoms with Crippen molar-refractivity contribution in [3.8, 4) is 0 Å². The number of hydrogen-bond acceptors (Lipinski definition) is 1. The second kappa shape index (κ2) is 8.72. The smallest absolute Gasteiger partial charge is 0.243 e. The highest BCUT2D eigenvalue weighted by molar-refractivity contribution is 6.73. The molecule has 0 bridgehead atoms. The van der Waals surface area contributed by atoms with Crippen LogP contribution in [0.3, 0.4) is 0 Å². The Bertz CT molecular complexity index is 318. The third-order valence-corrected chi connectivity index (χ3v) is 8.41. The van der Waals surface area contributed by atoms with Crippen LogP contribution in [0.2, 0.25) is 18.1 Å². The summed E-state index contributed by atoms with van der Waals surface area (Å²) >= 11 is 0. The molecule has 106 valence electrons. The van der Waals surface area contributed by atoms with Gasteiger partial charge in [0.2, 0.25) is 6.33 Å². The first-order chi connectivity index (χ1) is 8.15. The molecule has 1 rings (SSSR count). The fraction of sp³-hybridized carbons (Fsp3) is 0.769. The normalized spacial score (nSPS) is 11.3. The zero-order chi connectivity index (χ0) is 12.7. The van der Waals surface area contributed by atoms with E-state index < -0.39 is 8.32 Å². The molecule has 18 heavy (non-hydrogen) atoms. The number of aromatic nitrogens is 2. The number of imidazole rings is 1. The van der Waals surface area contributed by atoms with Crippen LogP contribution in [-0.2, 0) is 18.0 Å². The maximum absolute atomic E-state index is 6.22. The molecule has 1 aromatic rings. The van der Waals surface area contributed by atoms with Gasteiger partial charge >= 0.3 is 0 Å². The third kappa shape index (κ3) is 5.12. The van der Waals surface area contributed by atoms with Gasteiger partial charge in [0.15, 0.2) is 8.32 Å². The Labute approximate surface area is 119 Å². The van der Waals surface area contributed by atoms with Gasteiger partial charge in [-0.2, -0.15) is 0 Å². The molecule has 0 aliphatic carbocycles. The molecule has 0 atom stereocenters. The summed E-state index contributed by atoms with van der Waals surface area (Å²) in [5.74, 6) is 0. The molecule has 1 heterocycles. The van der Waals surface area contributed by atoms with Gasteiger partial charge in [-0.1, -0.05) is 20.8 Å². The van der Waals surface area contributed by atoms with Crippen molar-refractivity contribution in [1.29, 1.82) is 0 Å². The molecule has 0 aliphatic heterocycles. The molecule has 0 N–H and O–H groups in total. The SMILES string of the molecule is CC[Si](CC)(CC)OCCCn1cc[n+](C)c1.[Cl-]. The molecule has 0 aromatic carbocycles. The first-order valence-corrected chi connectivity index (χ1v) is 9.33. The molecule has 1 aromatic heterocycles. The molecule has 0 unspecified atom stereocenters. The van der Waals surface area contributed by atoms with Crippen molar-refractivity contribution in [2.75, 3.05) is 6.61 Å². The monoisotopic (exact) mass is 290 g/mol. The maximum Gasteiger partial charge on any atom is 0.243 e. The molecule has 0 saturated carbocycles. The lowest BCUT2D eigenvalue weighted by Crippen LogP contribution is -3.00. The molecule has 5 heteroatoms. The van der Waals surface area contributed by atoms with E-state index in [1.807, 2.05) is 0 Å². The Balaban J connectivity index is 0.00000289. The van der Waals surface area contributed by atoms with E-state index in [9.17, 15) is 0 Å². The van der Waals surface area contributed by atoms with Gasteiger partial charge in [-0.25, -0.2) is 9.13 Å². The summed E-state index contributed by atoms with van der Waals surface area (Å²) in [6.45, 7) is 8.83. The molecule has 0 fully saturated rings. The van der Waals surface area contributed by atoms with Gasteiger partial charge in [0.05, 0.1) is 13.6 Å². The van der Waals surface area contributed by atoms with Crippen molar-refractivity contribution in [2.45, 2.75) is 51.9 Å². The van der Waals surface area contributed by atoms with Crippen LogP contribution < -0.4 is 17.0 Å². The van der Waals surface area contributed by atoms with Gasteiger partial charge in [0.1, 0.15) is 12.4 Å². The van der Waals surface area contributed by atoms with Crippen LogP contribution in [0.5, 0.6) is 0 Å². The van der Waals surface area contributed by atoms with Gasteiger partial charge in [0.25, 0.3) is 0 Å². The Morgan fingerprint density at radius 2 is 1.78 bits per heavy atom. The lowest BCUT2D eigenvalue weighted by molar-refractivity contribution is -0.671. The van der Waals surface area contributed by atoms with Gasteiger partial charge < -0.3 is 16.8 Å². The number of halogens is 1. The van der Waals surface area contributed by atoms with Crippen LogP contribution >= 0.6 is 0 Å². The minimum Gasteiger partial charge on any atom is -1.00 e. The largest absolute Gasteiger partial charge is 1.00 e. The fourth-order valence-electron chi connectivity index (χ4n) is 2.23. The minimum absolute atomic E-state index is 0. The highest BCUT2D eigenvalue weighted by Gasteiger charge is 2.28. The van der Waals surface area contributed by atoms with Crippen molar-refractivity contribution in [2.24, 2.45) is 7.05 Å². The lowest BCUT2D eigenvalue weighted by Gasteiger charge is -2.27. The first-order valence-electron chi connectivity index (χ1n) is 6.80. The summed E-state index contributed by atoms with van der Waals surface area (Å²) in [7, 11) is 0.687. The van der Waals surface area contributed by atoms with Crippen molar-refractivity contribution >= 4 is 8.32 Å². The molecular weight excluding hydrogens is 264 g/mol. The third-order valence-electron chi connectivity index (χ3n) is 3.73. The average Bonchev–Trinajstić information content (AvgIpc) is 2.76. The predicted molar refractivity (Wildman–Crippen MR) is 73.4 cm³/mol. The number of hydrogen-bond donors (Lipinski definition) is 0. The summed E-state index contributed by atoms with van der Waals surface area (Å²) in [5, 5.41) is 0. The second-order valence-corrected chi connectivity index (χ2v) is 9.54. The Morgan fingerprint density at radius 1 is 1.17 bits per heavy atom. The molecule has 0 radical (unpaired) electrons. The summed E-state index contributed by atoms with van der Waals surface area (Å²) in [6.07, 6.45) is 7.42. The van der Waals surface area contributed by atoms with Gasteiger partial charge in [-0.15, -0.1) is 0 Å². The molecule has 0 spiro atoms. The molecule has 0 amide bonds. The van der Waals surface area contributed by atoms with Crippen LogP contribution in [0.25, 0.3) is 0 Å². The number of aryl methyl sites for hydroxylation is 2. The average molecular weight is 291 g/mol. The zero-order valence-corrected chi connectivity index (χ0v) is 13.9. The number of rotatable bonds is 8. The summed E-state index contributed by atoms with van der Waals surface area (Å²) in [6, 6.07) is 3.75. The maximum atomic E-state index is 6.22. The summed E-state index contributed by atoms with van der Waals surface area (Å²) in [5.41, 5.74) is 0. The van der Waals surface area contributed by atoms with Gasteiger partial charge in [0, 0.05) is 13.0 Å². The van der Waals surface area contributed by atoms with Gasteiger partial charge in [-0.3, -0.25) is 0 Å². The second-order valence-electron chi connectivity index (χ2n) is 4.76. The molecule has 0 saturated heterocycles. The molecular formula is C13H27ClN2OSi.